The van der Waals surface area contributed by atoms with Gasteiger partial charge in [-0.1, -0.05) is 55.9 Å². The molecular formula is C26H32N4O3S. The van der Waals surface area contributed by atoms with Gasteiger partial charge in [-0.05, 0) is 36.5 Å². The summed E-state index contributed by atoms with van der Waals surface area (Å²) < 4.78 is 7.34. The number of hydrogen-bond acceptors (Lipinski definition) is 6. The zero-order valence-corrected chi connectivity index (χ0v) is 21.0. The van der Waals surface area contributed by atoms with E-state index in [-0.39, 0.29) is 17.4 Å². The van der Waals surface area contributed by atoms with Crippen molar-refractivity contribution >= 4 is 23.5 Å². The number of amides is 1. The summed E-state index contributed by atoms with van der Waals surface area (Å²) >= 11 is 1.37. The Kier molecular flexibility index (Phi) is 9.27. The number of rotatable bonds is 12. The number of ether oxygens (including phenoxy) is 1. The van der Waals surface area contributed by atoms with Crippen molar-refractivity contribution in [3.63, 3.8) is 0 Å². The van der Waals surface area contributed by atoms with Crippen LogP contribution in [0.3, 0.4) is 0 Å². The summed E-state index contributed by atoms with van der Waals surface area (Å²) in [4.78, 5) is 24.0. The molecule has 180 valence electrons. The third-order valence-corrected chi connectivity index (χ3v) is 6.14. The number of thioether (sulfide) groups is 1. The quantitative estimate of drug-likeness (QED) is 0.233. The first-order valence-electron chi connectivity index (χ1n) is 11.5. The van der Waals surface area contributed by atoms with Gasteiger partial charge in [-0.3, -0.25) is 14.2 Å². The lowest BCUT2D eigenvalue weighted by molar-refractivity contribution is -0.118. The van der Waals surface area contributed by atoms with E-state index in [0.29, 0.717) is 29.6 Å². The van der Waals surface area contributed by atoms with E-state index in [1.165, 1.54) is 24.2 Å². The molecule has 0 bridgehead atoms. The van der Waals surface area contributed by atoms with Crippen molar-refractivity contribution in [2.24, 2.45) is 5.92 Å². The van der Waals surface area contributed by atoms with Crippen molar-refractivity contribution in [2.45, 2.75) is 45.2 Å². The highest BCUT2D eigenvalue weighted by Crippen LogP contribution is 2.26. The molecule has 0 unspecified atom stereocenters. The summed E-state index contributed by atoms with van der Waals surface area (Å²) in [6.07, 6.45) is 2.36. The Morgan fingerprint density at radius 3 is 2.56 bits per heavy atom. The molecule has 1 heterocycles. The number of nitrogens with one attached hydrogen (secondary N) is 1. The van der Waals surface area contributed by atoms with Gasteiger partial charge >= 0.3 is 0 Å². The number of benzene rings is 2. The Bertz CT molecular complexity index is 1110. The largest absolute Gasteiger partial charge is 0.497 e. The molecule has 0 fully saturated rings. The van der Waals surface area contributed by atoms with E-state index in [2.05, 4.69) is 29.4 Å². The average molecular weight is 481 g/mol. The van der Waals surface area contributed by atoms with E-state index in [1.807, 2.05) is 53.1 Å². The van der Waals surface area contributed by atoms with Gasteiger partial charge in [0, 0.05) is 31.5 Å². The molecule has 0 aliphatic heterocycles. The molecule has 1 amide bonds. The van der Waals surface area contributed by atoms with Gasteiger partial charge in [-0.25, -0.2) is 0 Å². The molecule has 0 radical (unpaired) electrons. The molecule has 0 saturated heterocycles. The van der Waals surface area contributed by atoms with E-state index >= 15 is 0 Å². The molecule has 7 nitrogen and oxygen atoms in total. The van der Waals surface area contributed by atoms with Gasteiger partial charge in [-0.15, -0.1) is 10.2 Å². The molecule has 1 N–H and O–H groups in total. The zero-order valence-electron chi connectivity index (χ0n) is 20.2. The van der Waals surface area contributed by atoms with E-state index in [4.69, 9.17) is 4.74 Å². The third kappa shape index (κ3) is 7.18. The molecule has 0 aliphatic rings. The molecule has 0 saturated carbocycles. The fourth-order valence-corrected chi connectivity index (χ4v) is 4.45. The number of methoxy groups -OCH3 is 1. The van der Waals surface area contributed by atoms with Crippen LogP contribution in [0.5, 0.6) is 5.75 Å². The number of carbonyl (C=O) groups is 2. The molecule has 2 aromatic carbocycles. The second-order valence-electron chi connectivity index (χ2n) is 8.53. The number of carbonyl (C=O) groups excluding carboxylic acids is 2. The summed E-state index contributed by atoms with van der Waals surface area (Å²) in [5.41, 5.74) is 2.80. The lowest BCUT2D eigenvalue weighted by Gasteiger charge is -2.12. The molecule has 0 atom stereocenters. The molecule has 8 heteroatoms. The molecule has 3 rings (SSSR count). The molecule has 34 heavy (non-hydrogen) atoms. The minimum Gasteiger partial charge on any atom is -0.497 e. The normalized spacial score (nSPS) is 11.0. The fraction of sp³-hybridized carbons (Fsp3) is 0.385. The predicted molar refractivity (Wildman–Crippen MR) is 135 cm³/mol. The van der Waals surface area contributed by atoms with Gasteiger partial charge in [0.25, 0.3) is 0 Å². The zero-order chi connectivity index (χ0) is 24.5. The monoisotopic (exact) mass is 480 g/mol. The minimum atomic E-state index is -0.0544. The third-order valence-electron chi connectivity index (χ3n) is 5.22. The van der Waals surface area contributed by atoms with Crippen LogP contribution in [0.25, 0.3) is 5.69 Å². The second kappa shape index (κ2) is 12.4. The van der Waals surface area contributed by atoms with Crippen LogP contribution in [-0.4, -0.2) is 45.9 Å². The fourth-order valence-electron chi connectivity index (χ4n) is 3.59. The van der Waals surface area contributed by atoms with Crippen LogP contribution in [0.15, 0.2) is 53.7 Å². The van der Waals surface area contributed by atoms with E-state index in [0.717, 1.165) is 30.1 Å². The van der Waals surface area contributed by atoms with Gasteiger partial charge in [0.1, 0.15) is 11.6 Å². The van der Waals surface area contributed by atoms with Gasteiger partial charge in [0.2, 0.25) is 5.91 Å². The summed E-state index contributed by atoms with van der Waals surface area (Å²) in [5.74, 6) is 2.33. The van der Waals surface area contributed by atoms with Gasteiger partial charge in [0.15, 0.2) is 10.9 Å². The number of ketones is 1. The van der Waals surface area contributed by atoms with Crippen molar-refractivity contribution in [3.05, 3.63) is 65.5 Å². The maximum absolute atomic E-state index is 12.8. The lowest BCUT2D eigenvalue weighted by atomic mass is 10.0. The maximum atomic E-state index is 12.8. The number of aromatic nitrogens is 3. The Morgan fingerprint density at radius 2 is 1.88 bits per heavy atom. The van der Waals surface area contributed by atoms with Crippen LogP contribution in [0, 0.1) is 5.92 Å². The molecule has 0 spiro atoms. The standard InChI is InChI=1S/C26H32N4O3S/c1-18(2)15-20-10-12-21(13-11-20)24(32)17-34-26-29-28-25(9-6-14-27-19(3)31)30(26)22-7-5-8-23(16-22)33-4/h5,7-8,10-13,16,18H,6,9,14-15,17H2,1-4H3,(H,27,31). The summed E-state index contributed by atoms with van der Waals surface area (Å²) in [6.45, 7) is 6.43. The summed E-state index contributed by atoms with van der Waals surface area (Å²) in [5, 5.41) is 12.2. The lowest BCUT2D eigenvalue weighted by Crippen LogP contribution is -2.21. The van der Waals surface area contributed by atoms with Crippen LogP contribution in [-0.2, 0) is 17.6 Å². The first kappa shape index (κ1) is 25.5. The maximum Gasteiger partial charge on any atom is 0.216 e. The van der Waals surface area contributed by atoms with Crippen LogP contribution in [0.1, 0.15) is 48.9 Å². The average Bonchev–Trinajstić information content (AvgIpc) is 3.23. The highest BCUT2D eigenvalue weighted by atomic mass is 32.2. The highest BCUT2D eigenvalue weighted by Gasteiger charge is 2.17. The first-order chi connectivity index (χ1) is 16.4. The van der Waals surface area contributed by atoms with Crippen LogP contribution in [0.4, 0.5) is 0 Å². The van der Waals surface area contributed by atoms with E-state index < -0.39 is 0 Å². The Morgan fingerprint density at radius 1 is 1.12 bits per heavy atom. The van der Waals surface area contributed by atoms with Crippen LogP contribution >= 0.6 is 11.8 Å². The summed E-state index contributed by atoms with van der Waals surface area (Å²) in [7, 11) is 1.63. The van der Waals surface area contributed by atoms with Gasteiger partial charge < -0.3 is 10.1 Å². The van der Waals surface area contributed by atoms with Crippen molar-refractivity contribution in [2.75, 3.05) is 19.4 Å². The highest BCUT2D eigenvalue weighted by molar-refractivity contribution is 7.99. The number of Topliss-reactive ketones (excluding diaryl/α,β-unsaturated/α-hetero) is 1. The number of nitrogens with zero attached hydrogens (tertiary/aromatic N) is 3. The molecule has 0 aliphatic carbocycles. The van der Waals surface area contributed by atoms with E-state index in [9.17, 15) is 9.59 Å². The molecule has 1 aromatic heterocycles. The smallest absolute Gasteiger partial charge is 0.216 e. The first-order valence-corrected chi connectivity index (χ1v) is 12.4. The van der Waals surface area contributed by atoms with Crippen molar-refractivity contribution in [3.8, 4) is 11.4 Å². The van der Waals surface area contributed by atoms with Crippen molar-refractivity contribution in [1.29, 1.82) is 0 Å². The number of aryl methyl sites for hydroxylation is 1. The SMILES string of the molecule is COc1cccc(-n2c(CCCNC(C)=O)nnc2SCC(=O)c2ccc(CC(C)C)cc2)c1. The predicted octanol–water partition coefficient (Wildman–Crippen LogP) is 4.52. The van der Waals surface area contributed by atoms with E-state index in [1.54, 1.807) is 7.11 Å². The topological polar surface area (TPSA) is 86.1 Å². The van der Waals surface area contributed by atoms with Gasteiger partial charge in [0.05, 0.1) is 18.6 Å². The number of hydrogen-bond donors (Lipinski definition) is 1. The Balaban J connectivity index is 1.76. The molecular weight excluding hydrogens is 448 g/mol. The Labute approximate surface area is 205 Å². The minimum absolute atomic E-state index is 0.0495. The Hall–Kier alpha value is -3.13. The summed E-state index contributed by atoms with van der Waals surface area (Å²) in [6, 6.07) is 15.5. The molecule has 3 aromatic rings. The van der Waals surface area contributed by atoms with Gasteiger partial charge in [-0.2, -0.15) is 0 Å². The van der Waals surface area contributed by atoms with Crippen LogP contribution < -0.4 is 10.1 Å². The second-order valence-corrected chi connectivity index (χ2v) is 9.47. The van der Waals surface area contributed by atoms with Crippen molar-refractivity contribution in [1.82, 2.24) is 20.1 Å². The van der Waals surface area contributed by atoms with Crippen molar-refractivity contribution < 1.29 is 14.3 Å². The van der Waals surface area contributed by atoms with Crippen LogP contribution in [0.2, 0.25) is 0 Å².